The highest BCUT2D eigenvalue weighted by Crippen LogP contribution is 2.26. The molecule has 0 saturated heterocycles. The van der Waals surface area contributed by atoms with Crippen molar-refractivity contribution in [1.29, 1.82) is 0 Å². The van der Waals surface area contributed by atoms with Gasteiger partial charge in [-0.15, -0.1) is 0 Å². The Kier molecular flexibility index (Phi) is 3.54. The average Bonchev–Trinajstić information content (AvgIpc) is 2.88. The average molecular weight is 396 g/mol. The molecule has 0 aliphatic carbocycles. The highest BCUT2D eigenvalue weighted by Gasteiger charge is 2.12. The van der Waals surface area contributed by atoms with E-state index in [1.165, 1.54) is 0 Å². The number of pyridine rings is 1. The largest absolute Gasteiger partial charge is 0.399 e. The van der Waals surface area contributed by atoms with E-state index in [2.05, 4.69) is 47.0 Å². The van der Waals surface area contributed by atoms with Crippen molar-refractivity contribution in [2.45, 2.75) is 0 Å². The molecule has 5 nitrogen and oxygen atoms in total. The Morgan fingerprint density at radius 2 is 1.90 bits per heavy atom. The number of nitrogen functional groups attached to an aromatic ring is 1. The van der Waals surface area contributed by atoms with Crippen LogP contribution in [-0.4, -0.2) is 15.1 Å². The lowest BCUT2D eigenvalue weighted by Gasteiger charge is -1.98. The molecule has 0 atom stereocenters. The molecule has 0 aliphatic heterocycles. The van der Waals surface area contributed by atoms with Gasteiger partial charge in [0.25, 0.3) is 5.89 Å². The Bertz CT molecular complexity index is 735. The van der Waals surface area contributed by atoms with Gasteiger partial charge in [-0.05, 0) is 46.3 Å². The molecule has 0 unspecified atom stereocenters. The van der Waals surface area contributed by atoms with E-state index in [0.717, 1.165) is 14.5 Å². The normalized spacial score (nSPS) is 10.7. The van der Waals surface area contributed by atoms with E-state index in [1.54, 1.807) is 18.3 Å². The van der Waals surface area contributed by atoms with Crippen LogP contribution in [0.2, 0.25) is 0 Å². The topological polar surface area (TPSA) is 77.8 Å². The minimum absolute atomic E-state index is 0.401. The van der Waals surface area contributed by atoms with Crippen LogP contribution < -0.4 is 5.73 Å². The third-order valence-electron chi connectivity index (χ3n) is 2.55. The van der Waals surface area contributed by atoms with E-state index >= 15 is 0 Å². The summed E-state index contributed by atoms with van der Waals surface area (Å²) in [5, 5.41) is 3.93. The second kappa shape index (κ2) is 5.34. The molecule has 0 radical (unpaired) electrons. The smallest absolute Gasteiger partial charge is 0.258 e. The Morgan fingerprint density at radius 3 is 2.60 bits per heavy atom. The summed E-state index contributed by atoms with van der Waals surface area (Å²) in [6.45, 7) is 0. The molecule has 0 aliphatic rings. The maximum atomic E-state index is 5.79. The third-order valence-corrected chi connectivity index (χ3v) is 3.48. The van der Waals surface area contributed by atoms with Crippen molar-refractivity contribution in [2.24, 2.45) is 0 Å². The lowest BCUT2D eigenvalue weighted by molar-refractivity contribution is 0.432. The Labute approximate surface area is 131 Å². The molecule has 100 valence electrons. The third kappa shape index (κ3) is 2.73. The highest BCUT2D eigenvalue weighted by atomic mass is 79.9. The van der Waals surface area contributed by atoms with Gasteiger partial charge in [0.2, 0.25) is 5.82 Å². The summed E-state index contributed by atoms with van der Waals surface area (Å²) in [5.74, 6) is 0.837. The SMILES string of the molecule is Nc1cc(Br)cc(-c2nc(-c3ccc(Br)cn3)no2)c1. The van der Waals surface area contributed by atoms with Crippen LogP contribution in [0.1, 0.15) is 0 Å². The Morgan fingerprint density at radius 1 is 1.05 bits per heavy atom. The fourth-order valence-electron chi connectivity index (χ4n) is 1.69. The summed E-state index contributed by atoms with van der Waals surface area (Å²) in [6.07, 6.45) is 1.68. The second-order valence-electron chi connectivity index (χ2n) is 4.06. The first-order chi connectivity index (χ1) is 9.61. The molecule has 3 rings (SSSR count). The number of halogens is 2. The molecule has 3 aromatic rings. The van der Waals surface area contributed by atoms with Crippen molar-refractivity contribution < 1.29 is 4.52 Å². The first-order valence-corrected chi connectivity index (χ1v) is 7.22. The standard InChI is InChI=1S/C13H8Br2N4O/c14-8-1-2-11(17-6-8)12-18-13(20-19-12)7-3-9(15)5-10(16)4-7/h1-6H,16H2. The van der Waals surface area contributed by atoms with Crippen molar-refractivity contribution in [3.05, 3.63) is 45.5 Å². The van der Waals surface area contributed by atoms with Gasteiger partial charge in [-0.1, -0.05) is 21.1 Å². The zero-order chi connectivity index (χ0) is 14.1. The lowest BCUT2D eigenvalue weighted by atomic mass is 10.2. The molecule has 2 N–H and O–H groups in total. The number of hydrogen-bond donors (Lipinski definition) is 1. The molecule has 0 amide bonds. The van der Waals surface area contributed by atoms with Gasteiger partial charge in [-0.3, -0.25) is 4.98 Å². The zero-order valence-electron chi connectivity index (χ0n) is 10.0. The number of benzene rings is 1. The number of hydrogen-bond acceptors (Lipinski definition) is 5. The monoisotopic (exact) mass is 394 g/mol. The quantitative estimate of drug-likeness (QED) is 0.665. The van der Waals surface area contributed by atoms with Gasteiger partial charge >= 0.3 is 0 Å². The van der Waals surface area contributed by atoms with Gasteiger partial charge in [0, 0.05) is 26.4 Å². The van der Waals surface area contributed by atoms with Crippen LogP contribution in [0.25, 0.3) is 23.0 Å². The van der Waals surface area contributed by atoms with Crippen LogP contribution in [0.4, 0.5) is 5.69 Å². The van der Waals surface area contributed by atoms with Crippen molar-refractivity contribution in [3.8, 4) is 23.0 Å². The first-order valence-electron chi connectivity index (χ1n) is 5.64. The molecular formula is C13H8Br2N4O. The molecule has 1 aromatic carbocycles. The molecular weight excluding hydrogens is 388 g/mol. The summed E-state index contributed by atoms with van der Waals surface area (Å²) < 4.78 is 7.00. The highest BCUT2D eigenvalue weighted by molar-refractivity contribution is 9.10. The maximum absolute atomic E-state index is 5.79. The number of nitrogens with zero attached hydrogens (tertiary/aromatic N) is 3. The predicted octanol–water partition coefficient (Wildman–Crippen LogP) is 3.91. The van der Waals surface area contributed by atoms with Crippen molar-refractivity contribution >= 4 is 37.5 Å². The number of rotatable bonds is 2. The van der Waals surface area contributed by atoms with Gasteiger partial charge in [-0.2, -0.15) is 4.98 Å². The number of anilines is 1. The van der Waals surface area contributed by atoms with Crippen LogP contribution >= 0.6 is 31.9 Å². The molecule has 7 heteroatoms. The summed E-state index contributed by atoms with van der Waals surface area (Å²) in [4.78, 5) is 8.56. The van der Waals surface area contributed by atoms with E-state index in [1.807, 2.05) is 18.2 Å². The fourth-order valence-corrected chi connectivity index (χ4v) is 2.43. The van der Waals surface area contributed by atoms with E-state index in [0.29, 0.717) is 23.1 Å². The summed E-state index contributed by atoms with van der Waals surface area (Å²) >= 11 is 6.71. The minimum atomic E-state index is 0.401. The van der Waals surface area contributed by atoms with Crippen molar-refractivity contribution in [1.82, 2.24) is 15.1 Å². The maximum Gasteiger partial charge on any atom is 0.258 e. The number of aromatic nitrogens is 3. The van der Waals surface area contributed by atoms with Gasteiger partial charge in [0.1, 0.15) is 5.69 Å². The summed E-state index contributed by atoms with van der Waals surface area (Å²) in [7, 11) is 0. The molecule has 2 aromatic heterocycles. The van der Waals surface area contributed by atoms with Crippen molar-refractivity contribution in [2.75, 3.05) is 5.73 Å². The van der Waals surface area contributed by atoms with Crippen LogP contribution in [0, 0.1) is 0 Å². The first kappa shape index (κ1) is 13.3. The van der Waals surface area contributed by atoms with E-state index in [-0.39, 0.29) is 0 Å². The van der Waals surface area contributed by atoms with E-state index in [4.69, 9.17) is 10.3 Å². The Balaban J connectivity index is 1.99. The van der Waals surface area contributed by atoms with Crippen molar-refractivity contribution in [3.63, 3.8) is 0 Å². The molecule has 0 spiro atoms. The van der Waals surface area contributed by atoms with Crippen LogP contribution in [0.3, 0.4) is 0 Å². The lowest BCUT2D eigenvalue weighted by Crippen LogP contribution is -1.87. The molecule has 0 fully saturated rings. The van der Waals surface area contributed by atoms with Crippen LogP contribution in [0.15, 0.2) is 50.0 Å². The van der Waals surface area contributed by atoms with E-state index in [9.17, 15) is 0 Å². The minimum Gasteiger partial charge on any atom is -0.399 e. The van der Waals surface area contributed by atoms with Crippen LogP contribution in [0.5, 0.6) is 0 Å². The molecule has 20 heavy (non-hydrogen) atoms. The van der Waals surface area contributed by atoms with Gasteiger partial charge in [0.15, 0.2) is 0 Å². The molecule has 0 saturated carbocycles. The Hall–Kier alpha value is -1.73. The van der Waals surface area contributed by atoms with E-state index < -0.39 is 0 Å². The summed E-state index contributed by atoms with van der Waals surface area (Å²) in [6, 6.07) is 9.13. The zero-order valence-corrected chi connectivity index (χ0v) is 13.2. The fraction of sp³-hybridized carbons (Fsp3) is 0. The van der Waals surface area contributed by atoms with Gasteiger partial charge in [0.05, 0.1) is 0 Å². The number of nitrogens with two attached hydrogens (primary N) is 1. The second-order valence-corrected chi connectivity index (χ2v) is 5.89. The van der Waals surface area contributed by atoms with Gasteiger partial charge in [-0.25, -0.2) is 0 Å². The van der Waals surface area contributed by atoms with Crippen LogP contribution in [-0.2, 0) is 0 Å². The predicted molar refractivity (Wildman–Crippen MR) is 82.8 cm³/mol. The van der Waals surface area contributed by atoms with Gasteiger partial charge < -0.3 is 10.3 Å². The molecule has 0 bridgehead atoms. The summed E-state index contributed by atoms with van der Waals surface area (Å²) in [5.41, 5.74) is 7.82. The molecule has 2 heterocycles.